The highest BCUT2D eigenvalue weighted by Crippen LogP contribution is 2.29. The van der Waals surface area contributed by atoms with E-state index in [0.717, 1.165) is 12.1 Å². The lowest BCUT2D eigenvalue weighted by Gasteiger charge is -2.33. The summed E-state index contributed by atoms with van der Waals surface area (Å²) in [6, 6.07) is 5.20. The third-order valence-electron chi connectivity index (χ3n) is 5.11. The van der Waals surface area contributed by atoms with Crippen LogP contribution in [0.15, 0.2) is 24.4 Å². The molecule has 1 saturated heterocycles. The number of anilines is 1. The number of hydrogen-bond donors (Lipinski definition) is 0. The summed E-state index contributed by atoms with van der Waals surface area (Å²) >= 11 is 0. The molecule has 2 aromatic rings. The number of carbonyl (C=O) groups is 1. The monoisotopic (exact) mass is 416 g/mol. The van der Waals surface area contributed by atoms with Crippen molar-refractivity contribution in [1.82, 2.24) is 9.97 Å². The number of hydrogen-bond acceptors (Lipinski definition) is 7. The van der Waals surface area contributed by atoms with Crippen LogP contribution < -0.4 is 9.64 Å². The summed E-state index contributed by atoms with van der Waals surface area (Å²) in [4.78, 5) is 22.8. The van der Waals surface area contributed by atoms with E-state index in [2.05, 4.69) is 9.97 Å². The molecule has 0 radical (unpaired) electrons. The lowest BCUT2D eigenvalue weighted by molar-refractivity contribution is -0.146. The normalized spacial score (nSPS) is 14.9. The number of esters is 1. The van der Waals surface area contributed by atoms with Gasteiger partial charge < -0.3 is 14.4 Å². The fraction of sp³-hybridized carbons (Fsp3) is 0.429. The van der Waals surface area contributed by atoms with Crippen LogP contribution in [-0.4, -0.2) is 42.2 Å². The summed E-state index contributed by atoms with van der Waals surface area (Å²) in [7, 11) is 1.28. The Balaban J connectivity index is 1.73. The van der Waals surface area contributed by atoms with Gasteiger partial charge in [-0.2, -0.15) is 5.26 Å². The van der Waals surface area contributed by atoms with Crippen molar-refractivity contribution >= 4 is 11.8 Å². The van der Waals surface area contributed by atoms with Gasteiger partial charge in [0.1, 0.15) is 29.2 Å². The molecule has 1 aliphatic rings. The Morgan fingerprint density at radius 3 is 2.60 bits per heavy atom. The second kappa shape index (κ2) is 8.61. The van der Waals surface area contributed by atoms with Crippen molar-refractivity contribution in [2.75, 3.05) is 25.1 Å². The molecule has 0 N–H and O–H groups in total. The molecule has 7 nitrogen and oxygen atoms in total. The van der Waals surface area contributed by atoms with Crippen molar-refractivity contribution in [1.29, 1.82) is 5.26 Å². The number of methoxy groups -OCH3 is 1. The molecule has 30 heavy (non-hydrogen) atoms. The Morgan fingerprint density at radius 1 is 1.30 bits per heavy atom. The van der Waals surface area contributed by atoms with Crippen LogP contribution in [0.1, 0.15) is 38.1 Å². The second-order valence-corrected chi connectivity index (χ2v) is 7.53. The fourth-order valence-corrected chi connectivity index (χ4v) is 3.35. The van der Waals surface area contributed by atoms with Crippen LogP contribution in [-0.2, 0) is 14.9 Å². The van der Waals surface area contributed by atoms with E-state index in [9.17, 15) is 18.8 Å². The van der Waals surface area contributed by atoms with Crippen LogP contribution in [0.4, 0.5) is 14.6 Å². The van der Waals surface area contributed by atoms with E-state index in [-0.39, 0.29) is 23.2 Å². The highest BCUT2D eigenvalue weighted by atomic mass is 19.1. The first-order valence-corrected chi connectivity index (χ1v) is 9.49. The number of aromatic nitrogens is 2. The molecule has 158 valence electrons. The number of piperidine rings is 1. The number of rotatable bonds is 5. The van der Waals surface area contributed by atoms with Gasteiger partial charge in [0.2, 0.25) is 0 Å². The predicted molar refractivity (Wildman–Crippen MR) is 104 cm³/mol. The fourth-order valence-electron chi connectivity index (χ4n) is 3.35. The quantitative estimate of drug-likeness (QED) is 0.692. The lowest BCUT2D eigenvalue weighted by Crippen LogP contribution is -2.40. The molecule has 0 saturated carbocycles. The molecule has 9 heteroatoms. The van der Waals surface area contributed by atoms with E-state index in [1.807, 2.05) is 11.0 Å². The number of ether oxygens (including phenoxy) is 2. The molecular formula is C21H22F2N4O3. The summed E-state index contributed by atoms with van der Waals surface area (Å²) in [5.74, 6) is -1.34. The van der Waals surface area contributed by atoms with Gasteiger partial charge in [-0.15, -0.1) is 0 Å². The first-order chi connectivity index (χ1) is 14.3. The van der Waals surface area contributed by atoms with Gasteiger partial charge in [0, 0.05) is 32.0 Å². The summed E-state index contributed by atoms with van der Waals surface area (Å²) < 4.78 is 37.4. The molecule has 2 heterocycles. The van der Waals surface area contributed by atoms with Gasteiger partial charge >= 0.3 is 5.97 Å². The Morgan fingerprint density at radius 2 is 2.00 bits per heavy atom. The molecule has 1 aromatic heterocycles. The minimum atomic E-state index is -1.13. The molecule has 3 rings (SSSR count). The largest absolute Gasteiger partial charge is 0.487 e. The Hall–Kier alpha value is -3.28. The molecule has 1 aromatic carbocycles. The van der Waals surface area contributed by atoms with E-state index < -0.39 is 23.0 Å². The van der Waals surface area contributed by atoms with Crippen LogP contribution in [0.3, 0.4) is 0 Å². The molecule has 0 aliphatic carbocycles. The van der Waals surface area contributed by atoms with Crippen molar-refractivity contribution in [2.24, 2.45) is 0 Å². The van der Waals surface area contributed by atoms with Crippen LogP contribution in [0.2, 0.25) is 0 Å². The third-order valence-corrected chi connectivity index (χ3v) is 5.11. The van der Waals surface area contributed by atoms with Crippen molar-refractivity contribution < 1.29 is 23.0 Å². The van der Waals surface area contributed by atoms with E-state index >= 15 is 0 Å². The molecule has 0 unspecified atom stereocenters. The first-order valence-electron chi connectivity index (χ1n) is 9.49. The van der Waals surface area contributed by atoms with Crippen LogP contribution in [0.5, 0.6) is 5.75 Å². The van der Waals surface area contributed by atoms with Gasteiger partial charge in [0.25, 0.3) is 0 Å². The maximum Gasteiger partial charge on any atom is 0.317 e. The van der Waals surface area contributed by atoms with Gasteiger partial charge in [-0.05, 0) is 26.0 Å². The zero-order chi connectivity index (χ0) is 21.9. The van der Waals surface area contributed by atoms with Gasteiger partial charge in [0.15, 0.2) is 17.3 Å². The molecule has 0 atom stereocenters. The molecule has 0 amide bonds. The van der Waals surface area contributed by atoms with E-state index in [1.165, 1.54) is 19.4 Å². The minimum absolute atomic E-state index is 0.0233. The molecule has 1 aliphatic heterocycles. The molecular weight excluding hydrogens is 394 g/mol. The lowest BCUT2D eigenvalue weighted by atomic mass is 9.87. The van der Waals surface area contributed by atoms with Crippen LogP contribution in [0.25, 0.3) is 0 Å². The van der Waals surface area contributed by atoms with E-state index in [0.29, 0.717) is 31.7 Å². The molecule has 0 spiro atoms. The van der Waals surface area contributed by atoms with Gasteiger partial charge in [-0.1, -0.05) is 0 Å². The Bertz CT molecular complexity index is 983. The zero-order valence-corrected chi connectivity index (χ0v) is 17.0. The van der Waals surface area contributed by atoms with Crippen molar-refractivity contribution in [3.8, 4) is 11.8 Å². The van der Waals surface area contributed by atoms with Crippen LogP contribution >= 0.6 is 0 Å². The average Bonchev–Trinajstić information content (AvgIpc) is 2.75. The first kappa shape index (κ1) is 21.4. The minimum Gasteiger partial charge on any atom is -0.487 e. The SMILES string of the molecule is COC(=O)C(C)(C)c1nc(N2CCC(Oc3ccc(F)cc3F)CC2)cnc1C#N. The second-order valence-electron chi connectivity index (χ2n) is 7.53. The smallest absolute Gasteiger partial charge is 0.317 e. The van der Waals surface area contributed by atoms with Gasteiger partial charge in [-0.3, -0.25) is 4.79 Å². The van der Waals surface area contributed by atoms with Crippen molar-refractivity contribution in [2.45, 2.75) is 38.2 Å². The van der Waals surface area contributed by atoms with E-state index in [1.54, 1.807) is 13.8 Å². The molecule has 1 fully saturated rings. The standard InChI is InChI=1S/C21H22F2N4O3/c1-21(2,20(28)29-3)19-16(11-24)25-12-18(26-19)27-8-6-14(7-9-27)30-17-5-4-13(22)10-15(17)23/h4-5,10,12,14H,6-9H2,1-3H3. The average molecular weight is 416 g/mol. The number of benzene rings is 1. The Kier molecular flexibility index (Phi) is 6.15. The number of nitrogens with zero attached hydrogens (tertiary/aromatic N) is 4. The number of nitriles is 1. The maximum absolute atomic E-state index is 13.8. The summed E-state index contributed by atoms with van der Waals surface area (Å²) in [6.45, 7) is 4.38. The third kappa shape index (κ3) is 4.32. The topological polar surface area (TPSA) is 88.3 Å². The van der Waals surface area contributed by atoms with Crippen LogP contribution in [0, 0.1) is 23.0 Å². The summed E-state index contributed by atoms with van der Waals surface area (Å²) in [5.41, 5.74) is -0.815. The van der Waals surface area contributed by atoms with Gasteiger partial charge in [0.05, 0.1) is 19.0 Å². The van der Waals surface area contributed by atoms with E-state index in [4.69, 9.17) is 9.47 Å². The Labute approximate surface area is 173 Å². The summed E-state index contributed by atoms with van der Waals surface area (Å²) in [5, 5.41) is 9.36. The number of carbonyl (C=O) groups excluding carboxylic acids is 1. The molecule has 0 bridgehead atoms. The van der Waals surface area contributed by atoms with Gasteiger partial charge in [-0.25, -0.2) is 18.7 Å². The summed E-state index contributed by atoms with van der Waals surface area (Å²) in [6.07, 6.45) is 2.46. The highest BCUT2D eigenvalue weighted by Gasteiger charge is 2.36. The zero-order valence-electron chi connectivity index (χ0n) is 17.0. The van der Waals surface area contributed by atoms with Crippen molar-refractivity contribution in [3.63, 3.8) is 0 Å². The number of halogens is 2. The predicted octanol–water partition coefficient (Wildman–Crippen LogP) is 3.12. The maximum atomic E-state index is 13.8. The van der Waals surface area contributed by atoms with Crippen molar-refractivity contribution in [3.05, 3.63) is 47.4 Å². The highest BCUT2D eigenvalue weighted by molar-refractivity contribution is 5.82.